The topological polar surface area (TPSA) is 65.0 Å². The van der Waals surface area contributed by atoms with Crippen LogP contribution < -0.4 is 0 Å². The van der Waals surface area contributed by atoms with E-state index in [1.165, 1.54) is 6.20 Å². The van der Waals surface area contributed by atoms with Crippen molar-refractivity contribution in [3.8, 4) is 0 Å². The van der Waals surface area contributed by atoms with Gasteiger partial charge < -0.3 is 4.74 Å². The van der Waals surface area contributed by atoms with Gasteiger partial charge in [-0.2, -0.15) is 0 Å². The van der Waals surface area contributed by atoms with Gasteiger partial charge in [0.25, 0.3) is 0 Å². The lowest BCUT2D eigenvalue weighted by Crippen LogP contribution is -2.12. The largest absolute Gasteiger partial charge is 0.451 e. The van der Waals surface area contributed by atoms with Crippen molar-refractivity contribution >= 4 is 5.97 Å². The number of esters is 1. The van der Waals surface area contributed by atoms with Crippen LogP contribution in [0, 0.1) is 6.92 Å². The Morgan fingerprint density at radius 1 is 1.32 bits per heavy atom. The Balaban J connectivity index is 1.76. The molecular weight excluding hydrogens is 242 g/mol. The SMILES string of the molecule is Cc1cnc(C(=O)O[C@@H]2CCc3cccnc32)cn1. The van der Waals surface area contributed by atoms with Crippen LogP contribution in [-0.2, 0) is 11.2 Å². The second-order valence-electron chi connectivity index (χ2n) is 4.52. The second kappa shape index (κ2) is 4.76. The number of carbonyl (C=O) groups is 1. The van der Waals surface area contributed by atoms with Gasteiger partial charge in [0.15, 0.2) is 5.69 Å². The number of pyridine rings is 1. The van der Waals surface area contributed by atoms with Crippen LogP contribution in [0.2, 0.25) is 0 Å². The molecule has 2 aromatic heterocycles. The van der Waals surface area contributed by atoms with E-state index >= 15 is 0 Å². The normalized spacial score (nSPS) is 17.0. The summed E-state index contributed by atoms with van der Waals surface area (Å²) in [6.07, 6.45) is 6.10. The van der Waals surface area contributed by atoms with Crippen molar-refractivity contribution in [2.24, 2.45) is 0 Å². The number of hydrogen-bond donors (Lipinski definition) is 0. The average Bonchev–Trinajstić information content (AvgIpc) is 2.83. The molecule has 5 heteroatoms. The molecule has 0 amide bonds. The van der Waals surface area contributed by atoms with Gasteiger partial charge in [-0.25, -0.2) is 9.78 Å². The summed E-state index contributed by atoms with van der Waals surface area (Å²) in [6.45, 7) is 1.82. The van der Waals surface area contributed by atoms with Crippen molar-refractivity contribution in [2.45, 2.75) is 25.9 Å². The fourth-order valence-corrected chi connectivity index (χ4v) is 2.18. The van der Waals surface area contributed by atoms with Crippen molar-refractivity contribution in [3.05, 3.63) is 53.4 Å². The monoisotopic (exact) mass is 255 g/mol. The fourth-order valence-electron chi connectivity index (χ4n) is 2.18. The Hall–Kier alpha value is -2.30. The van der Waals surface area contributed by atoms with Gasteiger partial charge in [0.2, 0.25) is 0 Å². The molecule has 2 aromatic rings. The lowest BCUT2D eigenvalue weighted by Gasteiger charge is -2.11. The van der Waals surface area contributed by atoms with E-state index in [-0.39, 0.29) is 11.8 Å². The van der Waals surface area contributed by atoms with Crippen LogP contribution in [0.3, 0.4) is 0 Å². The van der Waals surface area contributed by atoms with Crippen LogP contribution in [-0.4, -0.2) is 20.9 Å². The van der Waals surface area contributed by atoms with Crippen molar-refractivity contribution in [1.29, 1.82) is 0 Å². The molecule has 0 N–H and O–H groups in total. The maximum atomic E-state index is 12.0. The first kappa shape index (κ1) is 11.8. The standard InChI is InChI=1S/C14H13N3O2/c1-9-7-17-11(8-16-9)14(18)19-12-5-4-10-3-2-6-15-13(10)12/h2-3,6-8,12H,4-5H2,1H3/t12-/m1/s1. The van der Waals surface area contributed by atoms with E-state index in [9.17, 15) is 4.79 Å². The maximum Gasteiger partial charge on any atom is 0.359 e. The molecule has 0 unspecified atom stereocenters. The Labute approximate surface area is 110 Å². The highest BCUT2D eigenvalue weighted by Gasteiger charge is 2.27. The molecule has 3 rings (SSSR count). The van der Waals surface area contributed by atoms with Crippen LogP contribution in [0.5, 0.6) is 0 Å². The zero-order valence-corrected chi connectivity index (χ0v) is 10.5. The molecule has 0 fully saturated rings. The predicted octanol–water partition coefficient (Wildman–Crippen LogP) is 2.02. The quantitative estimate of drug-likeness (QED) is 0.768. The van der Waals surface area contributed by atoms with Gasteiger partial charge in [-0.15, -0.1) is 0 Å². The Morgan fingerprint density at radius 2 is 2.21 bits per heavy atom. The lowest BCUT2D eigenvalue weighted by molar-refractivity contribution is 0.0285. The number of ether oxygens (including phenoxy) is 1. The number of fused-ring (bicyclic) bond motifs is 1. The molecule has 5 nitrogen and oxygen atoms in total. The van der Waals surface area contributed by atoms with Gasteiger partial charge in [0.05, 0.1) is 17.6 Å². The second-order valence-corrected chi connectivity index (χ2v) is 4.52. The first-order valence-electron chi connectivity index (χ1n) is 6.17. The van der Waals surface area contributed by atoms with E-state index in [0.29, 0.717) is 0 Å². The molecule has 19 heavy (non-hydrogen) atoms. The van der Waals surface area contributed by atoms with E-state index in [4.69, 9.17) is 4.74 Å². The highest BCUT2D eigenvalue weighted by atomic mass is 16.5. The Bertz CT molecular complexity index is 610. The van der Waals surface area contributed by atoms with Crippen LogP contribution >= 0.6 is 0 Å². The first-order valence-corrected chi connectivity index (χ1v) is 6.17. The maximum absolute atomic E-state index is 12.0. The van der Waals surface area contributed by atoms with Gasteiger partial charge in [-0.1, -0.05) is 6.07 Å². The first-order chi connectivity index (χ1) is 9.24. The number of hydrogen-bond acceptors (Lipinski definition) is 5. The third kappa shape index (κ3) is 2.31. The predicted molar refractivity (Wildman–Crippen MR) is 67.5 cm³/mol. The molecule has 2 heterocycles. The number of carbonyl (C=O) groups excluding carboxylic acids is 1. The highest BCUT2D eigenvalue weighted by molar-refractivity contribution is 5.87. The highest BCUT2D eigenvalue weighted by Crippen LogP contribution is 2.32. The molecule has 1 aliphatic rings. The van der Waals surface area contributed by atoms with Gasteiger partial charge in [0, 0.05) is 12.4 Å². The zero-order valence-electron chi connectivity index (χ0n) is 10.5. The van der Waals surface area contributed by atoms with Gasteiger partial charge in [0.1, 0.15) is 6.10 Å². The molecule has 0 saturated heterocycles. The average molecular weight is 255 g/mol. The smallest absolute Gasteiger partial charge is 0.359 e. The van der Waals surface area contributed by atoms with Crippen LogP contribution in [0.1, 0.15) is 40.0 Å². The molecule has 0 aromatic carbocycles. The van der Waals surface area contributed by atoms with E-state index in [1.54, 1.807) is 12.4 Å². The number of nitrogens with zero attached hydrogens (tertiary/aromatic N) is 3. The third-order valence-corrected chi connectivity index (χ3v) is 3.15. The van der Waals surface area contributed by atoms with Gasteiger partial charge >= 0.3 is 5.97 Å². The van der Waals surface area contributed by atoms with E-state index in [0.717, 1.165) is 29.8 Å². The number of rotatable bonds is 2. The van der Waals surface area contributed by atoms with Gasteiger partial charge in [-0.3, -0.25) is 9.97 Å². The van der Waals surface area contributed by atoms with Crippen LogP contribution in [0.15, 0.2) is 30.7 Å². The van der Waals surface area contributed by atoms with Gasteiger partial charge in [-0.05, 0) is 31.4 Å². The Kier molecular flexibility index (Phi) is 2.95. The van der Waals surface area contributed by atoms with Crippen molar-refractivity contribution in [3.63, 3.8) is 0 Å². The van der Waals surface area contributed by atoms with E-state index in [1.807, 2.05) is 19.1 Å². The van der Waals surface area contributed by atoms with Crippen molar-refractivity contribution in [2.75, 3.05) is 0 Å². The summed E-state index contributed by atoms with van der Waals surface area (Å²) in [6, 6.07) is 3.91. The molecule has 0 radical (unpaired) electrons. The zero-order chi connectivity index (χ0) is 13.2. The summed E-state index contributed by atoms with van der Waals surface area (Å²) in [5, 5.41) is 0. The molecule has 1 aliphatic carbocycles. The summed E-state index contributed by atoms with van der Waals surface area (Å²) in [7, 11) is 0. The summed E-state index contributed by atoms with van der Waals surface area (Å²) in [5.74, 6) is -0.448. The molecular formula is C14H13N3O2. The summed E-state index contributed by atoms with van der Waals surface area (Å²) in [4.78, 5) is 24.3. The third-order valence-electron chi connectivity index (χ3n) is 3.15. The summed E-state index contributed by atoms with van der Waals surface area (Å²) >= 11 is 0. The number of aryl methyl sites for hydroxylation is 2. The Morgan fingerprint density at radius 3 is 3.00 bits per heavy atom. The van der Waals surface area contributed by atoms with Crippen LogP contribution in [0.25, 0.3) is 0 Å². The summed E-state index contributed by atoms with van der Waals surface area (Å²) < 4.78 is 5.46. The molecule has 0 spiro atoms. The van der Waals surface area contributed by atoms with Crippen LogP contribution in [0.4, 0.5) is 0 Å². The minimum Gasteiger partial charge on any atom is -0.451 e. The lowest BCUT2D eigenvalue weighted by atomic mass is 10.2. The minimum absolute atomic E-state index is 0.231. The molecule has 0 aliphatic heterocycles. The molecule has 0 saturated carbocycles. The van der Waals surface area contributed by atoms with Crippen molar-refractivity contribution < 1.29 is 9.53 Å². The molecule has 0 bridgehead atoms. The van der Waals surface area contributed by atoms with Crippen molar-refractivity contribution in [1.82, 2.24) is 15.0 Å². The molecule has 96 valence electrons. The minimum atomic E-state index is -0.448. The fraction of sp³-hybridized carbons (Fsp3) is 0.286. The molecule has 1 atom stereocenters. The summed E-state index contributed by atoms with van der Waals surface area (Å²) in [5.41, 5.74) is 3.01. The van der Waals surface area contributed by atoms with E-state index in [2.05, 4.69) is 15.0 Å². The number of aromatic nitrogens is 3. The van der Waals surface area contributed by atoms with E-state index < -0.39 is 5.97 Å².